The summed E-state index contributed by atoms with van der Waals surface area (Å²) in [5.41, 5.74) is 4.93. The number of aryl methyl sites for hydroxylation is 1. The van der Waals surface area contributed by atoms with E-state index in [1.54, 1.807) is 0 Å². The molecule has 1 heterocycles. The van der Waals surface area contributed by atoms with E-state index in [-0.39, 0.29) is 0 Å². The molecule has 0 saturated heterocycles. The van der Waals surface area contributed by atoms with Crippen LogP contribution in [0.15, 0.2) is 30.3 Å². The number of nitrogens with one attached hydrogen (secondary N) is 1. The molecular formula is C10H11N5. The lowest BCUT2D eigenvalue weighted by molar-refractivity contribution is 0.942. The monoisotopic (exact) mass is 201 g/mol. The van der Waals surface area contributed by atoms with Gasteiger partial charge in [-0.15, -0.1) is 10.2 Å². The predicted molar refractivity (Wildman–Crippen MR) is 57.8 cm³/mol. The standard InChI is InChI=1S/C10H11N5/c1-7-9(8-5-3-2-4-6-8)14-15-10(12-7)13-11/h2-6H,11H2,1H3,(H,12,13,15). The fraction of sp³-hybridized carbons (Fsp3) is 0.100. The number of nitrogens with zero attached hydrogens (tertiary/aromatic N) is 3. The highest BCUT2D eigenvalue weighted by molar-refractivity contribution is 5.60. The lowest BCUT2D eigenvalue weighted by Gasteiger charge is -2.04. The first kappa shape index (κ1) is 9.54. The molecule has 0 bridgehead atoms. The van der Waals surface area contributed by atoms with Crippen LogP contribution < -0.4 is 11.3 Å². The van der Waals surface area contributed by atoms with Crippen molar-refractivity contribution >= 4 is 5.95 Å². The van der Waals surface area contributed by atoms with E-state index < -0.39 is 0 Å². The van der Waals surface area contributed by atoms with Gasteiger partial charge in [0.15, 0.2) is 0 Å². The number of rotatable bonds is 2. The first-order valence-corrected chi connectivity index (χ1v) is 4.54. The molecule has 3 N–H and O–H groups in total. The fourth-order valence-electron chi connectivity index (χ4n) is 1.33. The summed E-state index contributed by atoms with van der Waals surface area (Å²) in [4.78, 5) is 4.16. The van der Waals surface area contributed by atoms with Crippen molar-refractivity contribution in [2.24, 2.45) is 5.84 Å². The lowest BCUT2D eigenvalue weighted by Crippen LogP contribution is -2.12. The summed E-state index contributed by atoms with van der Waals surface area (Å²) < 4.78 is 0. The quantitative estimate of drug-likeness (QED) is 0.562. The second kappa shape index (κ2) is 4.02. The van der Waals surface area contributed by atoms with Crippen molar-refractivity contribution in [1.82, 2.24) is 15.2 Å². The average molecular weight is 201 g/mol. The average Bonchev–Trinajstić information content (AvgIpc) is 2.30. The number of aromatic nitrogens is 3. The van der Waals surface area contributed by atoms with Gasteiger partial charge in [-0.2, -0.15) is 0 Å². The van der Waals surface area contributed by atoms with Gasteiger partial charge in [-0.1, -0.05) is 30.3 Å². The Bertz CT molecular complexity index is 455. The highest BCUT2D eigenvalue weighted by Gasteiger charge is 2.05. The molecule has 15 heavy (non-hydrogen) atoms. The maximum absolute atomic E-state index is 5.19. The summed E-state index contributed by atoms with van der Waals surface area (Å²) in [6.45, 7) is 1.87. The van der Waals surface area contributed by atoms with Gasteiger partial charge in [-0.3, -0.25) is 5.43 Å². The highest BCUT2D eigenvalue weighted by atomic mass is 15.3. The topological polar surface area (TPSA) is 76.7 Å². The Labute approximate surface area is 87.3 Å². The van der Waals surface area contributed by atoms with Gasteiger partial charge < -0.3 is 0 Å². The van der Waals surface area contributed by atoms with Crippen molar-refractivity contribution in [3.8, 4) is 11.3 Å². The molecule has 0 fully saturated rings. The van der Waals surface area contributed by atoms with E-state index >= 15 is 0 Å². The Hall–Kier alpha value is -2.01. The molecule has 0 saturated carbocycles. The summed E-state index contributed by atoms with van der Waals surface area (Å²) in [6, 6.07) is 9.79. The van der Waals surface area contributed by atoms with Gasteiger partial charge in [0, 0.05) is 5.56 Å². The summed E-state index contributed by atoms with van der Waals surface area (Å²) in [5.74, 6) is 5.52. The molecule has 0 aliphatic carbocycles. The first-order chi connectivity index (χ1) is 7.31. The van der Waals surface area contributed by atoms with Crippen LogP contribution in [0.5, 0.6) is 0 Å². The minimum atomic E-state index is 0.326. The molecule has 0 atom stereocenters. The second-order valence-corrected chi connectivity index (χ2v) is 3.08. The zero-order valence-corrected chi connectivity index (χ0v) is 8.31. The highest BCUT2D eigenvalue weighted by Crippen LogP contribution is 2.18. The van der Waals surface area contributed by atoms with Crippen molar-refractivity contribution in [2.45, 2.75) is 6.92 Å². The molecule has 2 aromatic rings. The zero-order valence-electron chi connectivity index (χ0n) is 8.31. The summed E-state index contributed by atoms with van der Waals surface area (Å²) in [5, 5.41) is 7.90. The van der Waals surface area contributed by atoms with Crippen LogP contribution in [0.25, 0.3) is 11.3 Å². The molecule has 1 aromatic carbocycles. The molecular weight excluding hydrogens is 190 g/mol. The van der Waals surface area contributed by atoms with Crippen LogP contribution in [0.3, 0.4) is 0 Å². The molecule has 0 aliphatic heterocycles. The molecule has 0 unspecified atom stereocenters. The van der Waals surface area contributed by atoms with E-state index in [0.717, 1.165) is 17.0 Å². The molecule has 0 amide bonds. The van der Waals surface area contributed by atoms with Crippen LogP contribution in [0.4, 0.5) is 5.95 Å². The number of hydrogen-bond donors (Lipinski definition) is 2. The summed E-state index contributed by atoms with van der Waals surface area (Å²) in [6.07, 6.45) is 0. The van der Waals surface area contributed by atoms with Crippen LogP contribution in [0, 0.1) is 6.92 Å². The SMILES string of the molecule is Cc1nc(NN)nnc1-c1ccccc1. The third-order valence-electron chi connectivity index (χ3n) is 2.04. The molecule has 2 rings (SSSR count). The van der Waals surface area contributed by atoms with Crippen LogP contribution >= 0.6 is 0 Å². The van der Waals surface area contributed by atoms with E-state index in [0.29, 0.717) is 5.95 Å². The Morgan fingerprint density at radius 2 is 1.87 bits per heavy atom. The van der Waals surface area contributed by atoms with Crippen molar-refractivity contribution in [1.29, 1.82) is 0 Å². The molecule has 1 aromatic heterocycles. The molecule has 5 heteroatoms. The summed E-state index contributed by atoms with van der Waals surface area (Å²) in [7, 11) is 0. The number of hydrazine groups is 1. The number of nitrogens with two attached hydrogens (primary N) is 1. The van der Waals surface area contributed by atoms with Gasteiger partial charge >= 0.3 is 0 Å². The van der Waals surface area contributed by atoms with Crippen molar-refractivity contribution in [3.63, 3.8) is 0 Å². The number of benzene rings is 1. The fourth-order valence-corrected chi connectivity index (χ4v) is 1.33. The van der Waals surface area contributed by atoms with Gasteiger partial charge in [0.25, 0.3) is 5.95 Å². The van der Waals surface area contributed by atoms with Gasteiger partial charge in [0.05, 0.1) is 5.69 Å². The smallest absolute Gasteiger partial charge is 0.257 e. The van der Waals surface area contributed by atoms with Gasteiger partial charge in [-0.05, 0) is 6.92 Å². The Kier molecular flexibility index (Phi) is 2.55. The van der Waals surface area contributed by atoms with Crippen LogP contribution in [-0.2, 0) is 0 Å². The minimum absolute atomic E-state index is 0.326. The molecule has 0 radical (unpaired) electrons. The van der Waals surface area contributed by atoms with Crippen molar-refractivity contribution in [3.05, 3.63) is 36.0 Å². The maximum atomic E-state index is 5.19. The molecule has 0 spiro atoms. The van der Waals surface area contributed by atoms with Gasteiger partial charge in [0.2, 0.25) is 0 Å². The Morgan fingerprint density at radius 1 is 1.13 bits per heavy atom. The van der Waals surface area contributed by atoms with Crippen LogP contribution in [0.1, 0.15) is 5.69 Å². The third kappa shape index (κ3) is 1.92. The third-order valence-corrected chi connectivity index (χ3v) is 2.04. The van der Waals surface area contributed by atoms with E-state index in [1.165, 1.54) is 0 Å². The Morgan fingerprint density at radius 3 is 2.47 bits per heavy atom. The largest absolute Gasteiger partial charge is 0.291 e. The molecule has 0 aliphatic rings. The van der Waals surface area contributed by atoms with Crippen LogP contribution in [-0.4, -0.2) is 15.2 Å². The van der Waals surface area contributed by atoms with E-state index in [9.17, 15) is 0 Å². The summed E-state index contributed by atoms with van der Waals surface area (Å²) >= 11 is 0. The van der Waals surface area contributed by atoms with E-state index in [4.69, 9.17) is 5.84 Å². The van der Waals surface area contributed by atoms with Crippen molar-refractivity contribution < 1.29 is 0 Å². The van der Waals surface area contributed by atoms with Crippen molar-refractivity contribution in [2.75, 3.05) is 5.43 Å². The number of nitrogen functional groups attached to an aromatic ring is 1. The zero-order chi connectivity index (χ0) is 10.7. The second-order valence-electron chi connectivity index (χ2n) is 3.08. The molecule has 5 nitrogen and oxygen atoms in total. The Balaban J connectivity index is 2.46. The number of anilines is 1. The minimum Gasteiger partial charge on any atom is -0.291 e. The lowest BCUT2D eigenvalue weighted by atomic mass is 10.1. The normalized spacial score (nSPS) is 10.0. The predicted octanol–water partition coefficient (Wildman–Crippen LogP) is 1.13. The van der Waals surface area contributed by atoms with Gasteiger partial charge in [-0.25, -0.2) is 10.8 Å². The van der Waals surface area contributed by atoms with E-state index in [2.05, 4.69) is 20.6 Å². The van der Waals surface area contributed by atoms with Gasteiger partial charge in [0.1, 0.15) is 5.69 Å². The number of hydrogen-bond acceptors (Lipinski definition) is 5. The first-order valence-electron chi connectivity index (χ1n) is 4.54. The maximum Gasteiger partial charge on any atom is 0.257 e. The van der Waals surface area contributed by atoms with Crippen LogP contribution in [0.2, 0.25) is 0 Å². The molecule has 76 valence electrons. The van der Waals surface area contributed by atoms with E-state index in [1.807, 2.05) is 37.3 Å².